The molecule has 29 heavy (non-hydrogen) atoms. The van der Waals surface area contributed by atoms with Gasteiger partial charge >= 0.3 is 18.1 Å². The highest BCUT2D eigenvalue weighted by atomic mass is 19.4. The van der Waals surface area contributed by atoms with E-state index in [0.717, 1.165) is 20.6 Å². The summed E-state index contributed by atoms with van der Waals surface area (Å²) in [6.45, 7) is 2.55. The second-order valence-corrected chi connectivity index (χ2v) is 7.09. The first-order chi connectivity index (χ1) is 13.7. The Balaban J connectivity index is 3.22. The summed E-state index contributed by atoms with van der Waals surface area (Å²) in [4.78, 5) is 24.3. The molecule has 7 nitrogen and oxygen atoms in total. The number of rotatable bonds is 11. The van der Waals surface area contributed by atoms with Gasteiger partial charge in [-0.3, -0.25) is 14.6 Å². The van der Waals surface area contributed by atoms with Gasteiger partial charge in [0.2, 0.25) is 0 Å². The molecule has 0 aromatic rings. The molecule has 0 saturated carbocycles. The van der Waals surface area contributed by atoms with Crippen LogP contribution in [0.3, 0.4) is 0 Å². The molecule has 0 N–H and O–H groups in total. The maximum absolute atomic E-state index is 13.8. The number of nitrogens with zero attached hydrogens (tertiary/aromatic N) is 2. The summed E-state index contributed by atoms with van der Waals surface area (Å²) in [5.74, 6) is -4.17. The highest BCUT2D eigenvalue weighted by Crippen LogP contribution is 2.31. The van der Waals surface area contributed by atoms with Crippen LogP contribution in [0.25, 0.3) is 0 Å². The van der Waals surface area contributed by atoms with Crippen LogP contribution in [0, 0.1) is 11.8 Å². The minimum absolute atomic E-state index is 0.233. The summed E-state index contributed by atoms with van der Waals surface area (Å²) >= 11 is 0. The zero-order chi connectivity index (χ0) is 22.0. The van der Waals surface area contributed by atoms with E-state index in [4.69, 9.17) is 4.74 Å². The van der Waals surface area contributed by atoms with Crippen LogP contribution in [-0.2, 0) is 23.8 Å². The van der Waals surface area contributed by atoms with E-state index in [0.29, 0.717) is 25.8 Å². The third-order valence-electron chi connectivity index (χ3n) is 5.05. The number of hydrogen-bond acceptors (Lipinski definition) is 7. The number of unbranched alkanes of at least 4 members (excludes halogenated alkanes) is 1. The van der Waals surface area contributed by atoms with Gasteiger partial charge < -0.3 is 14.2 Å². The van der Waals surface area contributed by atoms with Crippen molar-refractivity contribution in [2.24, 2.45) is 16.9 Å². The van der Waals surface area contributed by atoms with E-state index in [9.17, 15) is 22.8 Å². The molecule has 1 heterocycles. The maximum atomic E-state index is 13.8. The summed E-state index contributed by atoms with van der Waals surface area (Å²) < 4.78 is 55.7. The van der Waals surface area contributed by atoms with Crippen LogP contribution in [0.1, 0.15) is 45.4 Å². The number of hydrogen-bond donors (Lipinski definition) is 0. The first-order valence-electron chi connectivity index (χ1n) is 9.75. The Labute approximate surface area is 169 Å². The minimum atomic E-state index is -4.69. The second kappa shape index (κ2) is 12.0. The van der Waals surface area contributed by atoms with Gasteiger partial charge in [-0.1, -0.05) is 19.8 Å². The van der Waals surface area contributed by atoms with Crippen molar-refractivity contribution in [3.05, 3.63) is 0 Å². The number of methoxy groups -OCH3 is 3. The van der Waals surface area contributed by atoms with Crippen LogP contribution in [-0.4, -0.2) is 69.4 Å². The van der Waals surface area contributed by atoms with Crippen LogP contribution in [0.5, 0.6) is 0 Å². The summed E-state index contributed by atoms with van der Waals surface area (Å²) in [6, 6.07) is -0.233. The monoisotopic (exact) mass is 424 g/mol. The van der Waals surface area contributed by atoms with Crippen molar-refractivity contribution >= 4 is 17.7 Å². The van der Waals surface area contributed by atoms with Gasteiger partial charge in [-0.2, -0.15) is 18.3 Å². The van der Waals surface area contributed by atoms with E-state index in [1.165, 1.54) is 12.1 Å². The average molecular weight is 424 g/mol. The Kier molecular flexibility index (Phi) is 10.4. The van der Waals surface area contributed by atoms with Crippen molar-refractivity contribution in [1.82, 2.24) is 5.01 Å². The molecule has 2 atom stereocenters. The molecule has 1 aliphatic rings. The van der Waals surface area contributed by atoms with Crippen molar-refractivity contribution in [2.45, 2.75) is 57.7 Å². The fourth-order valence-corrected chi connectivity index (χ4v) is 3.52. The van der Waals surface area contributed by atoms with Crippen LogP contribution < -0.4 is 0 Å². The Hall–Kier alpha value is -1.84. The van der Waals surface area contributed by atoms with Gasteiger partial charge in [-0.15, -0.1) is 0 Å². The van der Waals surface area contributed by atoms with Gasteiger partial charge in [0, 0.05) is 20.1 Å². The molecule has 1 rings (SSSR count). The largest absolute Gasteiger partial charge is 0.468 e. The number of hydrazone groups is 1. The third kappa shape index (κ3) is 7.49. The Morgan fingerprint density at radius 1 is 1.17 bits per heavy atom. The first kappa shape index (κ1) is 25.2. The predicted octanol–water partition coefficient (Wildman–Crippen LogP) is 3.17. The number of carbonyl (C=O) groups excluding carboxylic acids is 2. The Bertz CT molecular complexity index is 553. The van der Waals surface area contributed by atoms with Gasteiger partial charge in [0.15, 0.2) is 5.92 Å². The quantitative estimate of drug-likeness (QED) is 0.288. The summed E-state index contributed by atoms with van der Waals surface area (Å²) in [5.41, 5.74) is -1.01. The molecular formula is C19H31F3N2O5. The Morgan fingerprint density at radius 3 is 2.28 bits per heavy atom. The number of carbonyl (C=O) groups is 2. The van der Waals surface area contributed by atoms with Gasteiger partial charge in [0.25, 0.3) is 0 Å². The summed E-state index contributed by atoms with van der Waals surface area (Å²) in [7, 11) is 3.67. The molecule has 0 aromatic heterocycles. The molecule has 0 aliphatic carbocycles. The number of halogens is 3. The van der Waals surface area contributed by atoms with Crippen LogP contribution in [0.2, 0.25) is 0 Å². The highest BCUT2D eigenvalue weighted by Gasteiger charge is 2.44. The molecule has 0 aromatic carbocycles. The molecule has 0 amide bonds. The third-order valence-corrected chi connectivity index (χ3v) is 5.05. The fraction of sp³-hybridized carbons (Fsp3) is 0.842. The lowest BCUT2D eigenvalue weighted by Gasteiger charge is -2.27. The van der Waals surface area contributed by atoms with Crippen molar-refractivity contribution in [1.29, 1.82) is 0 Å². The SMILES string of the molecule is CCCC[C@H](C/C(=N/N1CCC[C@H]1COC)C(F)(F)F)C(C(=O)OC)C(=O)OC. The molecule has 168 valence electrons. The van der Waals surface area contributed by atoms with Crippen LogP contribution in [0.4, 0.5) is 13.2 Å². The summed E-state index contributed by atoms with van der Waals surface area (Å²) in [5, 5.41) is 5.29. The first-order valence-corrected chi connectivity index (χ1v) is 9.75. The molecule has 0 radical (unpaired) electrons. The van der Waals surface area contributed by atoms with Crippen molar-refractivity contribution < 1.29 is 37.0 Å². The Morgan fingerprint density at radius 2 is 1.79 bits per heavy atom. The summed E-state index contributed by atoms with van der Waals surface area (Å²) in [6.07, 6.45) is -2.37. The van der Waals surface area contributed by atoms with E-state index in [1.807, 2.05) is 6.92 Å². The second-order valence-electron chi connectivity index (χ2n) is 7.09. The molecule has 1 aliphatic heterocycles. The zero-order valence-electron chi connectivity index (χ0n) is 17.5. The van der Waals surface area contributed by atoms with E-state index in [2.05, 4.69) is 14.6 Å². The molecule has 1 fully saturated rings. The molecule has 10 heteroatoms. The van der Waals surface area contributed by atoms with E-state index in [1.54, 1.807) is 0 Å². The number of esters is 2. The molecule has 0 bridgehead atoms. The smallest absolute Gasteiger partial charge is 0.431 e. The van der Waals surface area contributed by atoms with E-state index in [-0.39, 0.29) is 19.1 Å². The van der Waals surface area contributed by atoms with Crippen molar-refractivity contribution in [2.75, 3.05) is 34.5 Å². The van der Waals surface area contributed by atoms with Gasteiger partial charge in [-0.25, -0.2) is 0 Å². The minimum Gasteiger partial charge on any atom is -0.468 e. The lowest BCUT2D eigenvalue weighted by Crippen LogP contribution is -2.38. The van der Waals surface area contributed by atoms with Crippen molar-refractivity contribution in [3.8, 4) is 0 Å². The van der Waals surface area contributed by atoms with Crippen LogP contribution >= 0.6 is 0 Å². The van der Waals surface area contributed by atoms with Gasteiger partial charge in [0.05, 0.1) is 26.9 Å². The van der Waals surface area contributed by atoms with E-state index < -0.39 is 42.1 Å². The fourth-order valence-electron chi connectivity index (χ4n) is 3.52. The van der Waals surface area contributed by atoms with Crippen LogP contribution in [0.15, 0.2) is 5.10 Å². The molecule has 0 spiro atoms. The van der Waals surface area contributed by atoms with Gasteiger partial charge in [-0.05, 0) is 25.2 Å². The molecule has 1 saturated heterocycles. The van der Waals surface area contributed by atoms with E-state index >= 15 is 0 Å². The molecular weight excluding hydrogens is 393 g/mol. The predicted molar refractivity (Wildman–Crippen MR) is 100 cm³/mol. The average Bonchev–Trinajstić information content (AvgIpc) is 3.11. The van der Waals surface area contributed by atoms with Gasteiger partial charge in [0.1, 0.15) is 5.71 Å². The molecule has 0 unspecified atom stereocenters. The lowest BCUT2D eigenvalue weighted by atomic mass is 9.83. The highest BCUT2D eigenvalue weighted by molar-refractivity contribution is 5.97. The number of alkyl halides is 3. The maximum Gasteiger partial charge on any atom is 0.431 e. The lowest BCUT2D eigenvalue weighted by molar-refractivity contribution is -0.161. The zero-order valence-corrected chi connectivity index (χ0v) is 17.5. The van der Waals surface area contributed by atoms with Crippen molar-refractivity contribution in [3.63, 3.8) is 0 Å². The topological polar surface area (TPSA) is 77.4 Å². The normalized spacial score (nSPS) is 18.8. The number of ether oxygens (including phenoxy) is 3. The standard InChI is InChI=1S/C19H31F3N2O5/c1-5-6-8-13(16(17(25)28-3)18(26)29-4)11-15(19(20,21)22)23-24-10-7-9-14(24)12-27-2/h13-14,16H,5-12H2,1-4H3/b23-15-/t13-,14+/m1/s1.